The summed E-state index contributed by atoms with van der Waals surface area (Å²) in [5.41, 5.74) is 0.712. The first-order valence-corrected chi connectivity index (χ1v) is 11.8. The van der Waals surface area contributed by atoms with E-state index in [4.69, 9.17) is 0 Å². The van der Waals surface area contributed by atoms with Gasteiger partial charge in [-0.05, 0) is 34.5 Å². The van der Waals surface area contributed by atoms with Crippen LogP contribution in [-0.4, -0.2) is 0 Å². The number of allylic oxidation sites excluding steroid dienone is 8. The quantitative estimate of drug-likeness (QED) is 0.291. The van der Waals surface area contributed by atoms with E-state index in [1.54, 1.807) is 0 Å². The van der Waals surface area contributed by atoms with Crippen molar-refractivity contribution in [2.24, 2.45) is 34.5 Å². The summed E-state index contributed by atoms with van der Waals surface area (Å²) in [4.78, 5) is 0. The van der Waals surface area contributed by atoms with E-state index in [2.05, 4.69) is 120 Å². The first-order chi connectivity index (χ1) is 12.2. The molecular weight excluding hydrogens is 430 g/mol. The van der Waals surface area contributed by atoms with Gasteiger partial charge in [0.05, 0.1) is 0 Å². The van der Waals surface area contributed by atoms with Crippen LogP contribution in [0.15, 0.2) is 36.5 Å². The summed E-state index contributed by atoms with van der Waals surface area (Å²) in [6.45, 7) is 18.4. The van der Waals surface area contributed by atoms with Gasteiger partial charge in [0, 0.05) is 0 Å². The standard InChI is InChI=1S/2C12H19.ClH.Pd/c2*1-10(2)12(11(3)4)8-6-5-7-9-12;;/h2*5-6,8,10-11H,9H2,1-4H3;1H;/q2*-1;;+2/p-1. The number of halogens is 1. The van der Waals surface area contributed by atoms with Crippen LogP contribution in [-0.2, 0) is 18.2 Å². The van der Waals surface area contributed by atoms with Crippen molar-refractivity contribution in [1.82, 2.24) is 0 Å². The zero-order chi connectivity index (χ0) is 20.4. The monoisotopic (exact) mass is 467 g/mol. The van der Waals surface area contributed by atoms with E-state index in [9.17, 15) is 0 Å². The van der Waals surface area contributed by atoms with Crippen molar-refractivity contribution in [2.45, 2.75) is 68.2 Å². The molecule has 0 heterocycles. The summed E-state index contributed by atoms with van der Waals surface area (Å²) in [6.07, 6.45) is 21.9. The van der Waals surface area contributed by atoms with Crippen LogP contribution in [0.2, 0.25) is 0 Å². The Morgan fingerprint density at radius 2 is 0.923 bits per heavy atom. The van der Waals surface area contributed by atoms with Gasteiger partial charge in [0.2, 0.25) is 0 Å². The zero-order valence-electron chi connectivity index (χ0n) is 17.9. The van der Waals surface area contributed by atoms with Gasteiger partial charge in [-0.2, -0.15) is 12.2 Å². The molecule has 0 amide bonds. The van der Waals surface area contributed by atoms with Crippen LogP contribution in [0.1, 0.15) is 68.2 Å². The molecule has 0 saturated carbocycles. The fraction of sp³-hybridized carbons (Fsp3) is 0.667. The molecule has 0 aromatic rings. The summed E-state index contributed by atoms with van der Waals surface area (Å²) >= 11 is 2.22. The van der Waals surface area contributed by atoms with Crippen molar-refractivity contribution in [3.05, 3.63) is 48.6 Å². The molecule has 26 heavy (non-hydrogen) atoms. The maximum absolute atomic E-state index is 4.49. The van der Waals surface area contributed by atoms with Gasteiger partial charge in [-0.1, -0.05) is 55.4 Å². The molecule has 152 valence electrons. The van der Waals surface area contributed by atoms with E-state index in [0.717, 1.165) is 12.8 Å². The van der Waals surface area contributed by atoms with Crippen molar-refractivity contribution >= 4 is 9.53 Å². The Kier molecular flexibility index (Phi) is 12.3. The van der Waals surface area contributed by atoms with Crippen LogP contribution < -0.4 is 0 Å². The van der Waals surface area contributed by atoms with Crippen molar-refractivity contribution in [2.75, 3.05) is 0 Å². The molecule has 0 unspecified atom stereocenters. The SMILES string of the molecule is CC(C)C1(C(C)C)C=CC=[C-]C1.CC(C)C1(C(C)C)C=CC=[C-]C1.[Cl][Pd+]. The molecule has 0 atom stereocenters. The normalized spacial score (nSPS) is 19.5. The van der Waals surface area contributed by atoms with Crippen molar-refractivity contribution in [3.63, 3.8) is 0 Å². The molecular formula is C24H38ClPd-. The molecule has 0 N–H and O–H groups in total. The molecule has 0 nitrogen and oxygen atoms in total. The second-order valence-electron chi connectivity index (χ2n) is 8.66. The van der Waals surface area contributed by atoms with Gasteiger partial charge in [-0.3, -0.25) is 12.2 Å². The summed E-state index contributed by atoms with van der Waals surface area (Å²) in [6, 6.07) is 0. The third-order valence-corrected chi connectivity index (χ3v) is 6.36. The second-order valence-corrected chi connectivity index (χ2v) is 8.66. The minimum atomic E-state index is 0.356. The van der Waals surface area contributed by atoms with Crippen molar-refractivity contribution in [1.29, 1.82) is 0 Å². The first kappa shape index (κ1) is 25.9. The Balaban J connectivity index is 0.000000439. The molecule has 0 fully saturated rings. The Bertz CT molecular complexity index is 430. The molecule has 2 aliphatic rings. The third kappa shape index (κ3) is 6.51. The van der Waals surface area contributed by atoms with Gasteiger partial charge in [0.15, 0.2) is 0 Å². The maximum atomic E-state index is 4.49. The summed E-state index contributed by atoms with van der Waals surface area (Å²) in [5.74, 6) is 2.81. The average Bonchev–Trinajstić information content (AvgIpc) is 2.64. The van der Waals surface area contributed by atoms with Crippen LogP contribution >= 0.6 is 9.53 Å². The predicted octanol–water partition coefficient (Wildman–Crippen LogP) is 7.90. The molecule has 2 aliphatic carbocycles. The Labute approximate surface area is 178 Å². The van der Waals surface area contributed by atoms with Gasteiger partial charge < -0.3 is 0 Å². The van der Waals surface area contributed by atoms with Crippen LogP contribution in [0, 0.1) is 46.7 Å². The Morgan fingerprint density at radius 1 is 0.654 bits per heavy atom. The van der Waals surface area contributed by atoms with E-state index in [1.807, 2.05) is 12.2 Å². The molecule has 0 radical (unpaired) electrons. The van der Waals surface area contributed by atoms with Gasteiger partial charge in [0.25, 0.3) is 0 Å². The fourth-order valence-corrected chi connectivity index (χ4v) is 4.10. The van der Waals surface area contributed by atoms with Crippen molar-refractivity contribution in [3.8, 4) is 0 Å². The predicted molar refractivity (Wildman–Crippen MR) is 113 cm³/mol. The second kappa shape index (κ2) is 12.4. The number of rotatable bonds is 4. The van der Waals surface area contributed by atoms with Gasteiger partial charge in [-0.25, -0.2) is 24.3 Å². The molecule has 0 bridgehead atoms. The molecule has 2 heteroatoms. The molecule has 0 spiro atoms. The zero-order valence-corrected chi connectivity index (χ0v) is 20.2. The van der Waals surface area contributed by atoms with Crippen molar-refractivity contribution < 1.29 is 18.2 Å². The Hall–Kier alpha value is -0.0877. The summed E-state index contributed by atoms with van der Waals surface area (Å²) < 4.78 is 0. The van der Waals surface area contributed by atoms with E-state index >= 15 is 0 Å². The Morgan fingerprint density at radius 3 is 1.04 bits per heavy atom. The number of hydrogen-bond donors (Lipinski definition) is 0. The summed E-state index contributed by atoms with van der Waals surface area (Å²) in [5, 5.41) is 0. The average molecular weight is 468 g/mol. The summed E-state index contributed by atoms with van der Waals surface area (Å²) in [7, 11) is 4.49. The van der Waals surface area contributed by atoms with Crippen LogP contribution in [0.5, 0.6) is 0 Å². The van der Waals surface area contributed by atoms with E-state index in [0.29, 0.717) is 34.5 Å². The first-order valence-electron chi connectivity index (χ1n) is 9.80. The van der Waals surface area contributed by atoms with Gasteiger partial charge >= 0.3 is 27.7 Å². The molecule has 0 aromatic heterocycles. The molecule has 0 aliphatic heterocycles. The van der Waals surface area contributed by atoms with E-state index in [-0.39, 0.29) is 0 Å². The number of hydrogen-bond acceptors (Lipinski definition) is 0. The molecule has 0 saturated heterocycles. The molecule has 2 rings (SSSR count). The minimum absolute atomic E-state index is 0.356. The topological polar surface area (TPSA) is 0 Å². The van der Waals surface area contributed by atoms with Crippen LogP contribution in [0.25, 0.3) is 0 Å². The van der Waals surface area contributed by atoms with Crippen LogP contribution in [0.4, 0.5) is 0 Å². The fourth-order valence-electron chi connectivity index (χ4n) is 4.10. The van der Waals surface area contributed by atoms with E-state index < -0.39 is 0 Å². The van der Waals surface area contributed by atoms with Crippen LogP contribution in [0.3, 0.4) is 0 Å². The third-order valence-electron chi connectivity index (χ3n) is 6.36. The van der Waals surface area contributed by atoms with E-state index in [1.165, 1.54) is 0 Å². The van der Waals surface area contributed by atoms with Gasteiger partial charge in [-0.15, -0.1) is 12.8 Å². The van der Waals surface area contributed by atoms with Gasteiger partial charge in [0.1, 0.15) is 0 Å². The molecule has 0 aromatic carbocycles.